The summed E-state index contributed by atoms with van der Waals surface area (Å²) in [5, 5.41) is 0. The van der Waals surface area contributed by atoms with E-state index in [4.69, 9.17) is 4.74 Å². The van der Waals surface area contributed by atoms with Crippen molar-refractivity contribution in [2.75, 3.05) is 0 Å². The van der Waals surface area contributed by atoms with E-state index in [-0.39, 0.29) is 12.2 Å². The molecule has 0 heterocycles. The molecule has 0 aliphatic rings. The lowest BCUT2D eigenvalue weighted by atomic mass is 9.95. The topological polar surface area (TPSA) is 9.23 Å². The number of hydrogen-bond donors (Lipinski definition) is 0. The van der Waals surface area contributed by atoms with Crippen molar-refractivity contribution in [1.82, 2.24) is 0 Å². The van der Waals surface area contributed by atoms with E-state index in [1.807, 2.05) is 0 Å². The summed E-state index contributed by atoms with van der Waals surface area (Å²) in [6.45, 7) is 9.03. The second kappa shape index (κ2) is 15.2. The molecule has 0 fully saturated rings. The van der Waals surface area contributed by atoms with Crippen molar-refractivity contribution in [2.45, 2.75) is 117 Å². The highest BCUT2D eigenvalue weighted by Crippen LogP contribution is 2.36. The van der Waals surface area contributed by atoms with Gasteiger partial charge in [-0.1, -0.05) is 127 Å². The first kappa shape index (κ1) is 25.7. The highest BCUT2D eigenvalue weighted by molar-refractivity contribution is 5.30. The molecule has 0 saturated heterocycles. The minimum atomic E-state index is 0.183. The number of rotatable bonds is 16. The maximum absolute atomic E-state index is 7.00. The third-order valence-corrected chi connectivity index (χ3v) is 6.54. The van der Waals surface area contributed by atoms with Crippen LogP contribution in [0, 0.1) is 13.8 Å². The standard InChI is InChI=1S/C30H46O/c1-5-7-9-11-13-23-29(27-21-17-15-19-25(27)3)31-30(24-14-12-10-8-6-2)28-22-18-16-20-26(28)4/h15-22,29-30H,5-14,23-24H2,1-4H3. The van der Waals surface area contributed by atoms with Crippen molar-refractivity contribution in [3.05, 3.63) is 70.8 Å². The third kappa shape index (κ3) is 9.19. The molecule has 0 N–H and O–H groups in total. The van der Waals surface area contributed by atoms with Gasteiger partial charge in [0.15, 0.2) is 0 Å². The van der Waals surface area contributed by atoms with Crippen molar-refractivity contribution < 1.29 is 4.74 Å². The minimum absolute atomic E-state index is 0.183. The molecule has 2 atom stereocenters. The molecule has 0 bridgehead atoms. The minimum Gasteiger partial charge on any atom is -0.366 e. The van der Waals surface area contributed by atoms with Gasteiger partial charge in [-0.2, -0.15) is 0 Å². The maximum atomic E-state index is 7.00. The third-order valence-electron chi connectivity index (χ3n) is 6.54. The van der Waals surface area contributed by atoms with Gasteiger partial charge in [-0.3, -0.25) is 0 Å². The van der Waals surface area contributed by atoms with Crippen LogP contribution in [0.15, 0.2) is 48.5 Å². The Morgan fingerprint density at radius 3 is 1.32 bits per heavy atom. The number of aryl methyl sites for hydroxylation is 2. The SMILES string of the molecule is CCCCCCCC(OC(CCCCCCC)c1ccccc1C)c1ccccc1C. The molecule has 1 heteroatoms. The molecule has 2 aromatic rings. The molecule has 0 saturated carbocycles. The average molecular weight is 423 g/mol. The summed E-state index contributed by atoms with van der Waals surface area (Å²) in [6.07, 6.45) is 15.7. The first-order chi connectivity index (χ1) is 15.2. The molecule has 0 spiro atoms. The molecule has 2 aromatic carbocycles. The van der Waals surface area contributed by atoms with Gasteiger partial charge in [0, 0.05) is 0 Å². The van der Waals surface area contributed by atoms with Gasteiger partial charge in [0.1, 0.15) is 0 Å². The van der Waals surface area contributed by atoms with Gasteiger partial charge in [0.25, 0.3) is 0 Å². The number of hydrogen-bond acceptors (Lipinski definition) is 1. The Bertz CT molecular complexity index is 658. The lowest BCUT2D eigenvalue weighted by molar-refractivity contribution is -0.0269. The van der Waals surface area contributed by atoms with E-state index in [0.29, 0.717) is 0 Å². The van der Waals surface area contributed by atoms with Crippen LogP contribution < -0.4 is 0 Å². The first-order valence-electron chi connectivity index (χ1n) is 12.9. The number of benzene rings is 2. The highest BCUT2D eigenvalue weighted by Gasteiger charge is 2.22. The van der Waals surface area contributed by atoms with Gasteiger partial charge in [0.2, 0.25) is 0 Å². The van der Waals surface area contributed by atoms with Crippen LogP contribution in [0.1, 0.15) is 125 Å². The summed E-state index contributed by atoms with van der Waals surface area (Å²) in [7, 11) is 0. The Hall–Kier alpha value is -1.60. The smallest absolute Gasteiger partial charge is 0.0835 e. The van der Waals surface area contributed by atoms with E-state index in [2.05, 4.69) is 76.2 Å². The fraction of sp³-hybridized carbons (Fsp3) is 0.600. The Kier molecular flexibility index (Phi) is 12.6. The molecule has 0 aliphatic carbocycles. The summed E-state index contributed by atoms with van der Waals surface area (Å²) >= 11 is 0. The van der Waals surface area contributed by atoms with Crippen LogP contribution in [0.25, 0.3) is 0 Å². The summed E-state index contributed by atoms with van der Waals surface area (Å²) in [6, 6.07) is 17.6. The molecule has 0 radical (unpaired) electrons. The second-order valence-corrected chi connectivity index (χ2v) is 9.23. The van der Waals surface area contributed by atoms with Gasteiger partial charge in [-0.05, 0) is 48.9 Å². The summed E-state index contributed by atoms with van der Waals surface area (Å²) in [4.78, 5) is 0. The Morgan fingerprint density at radius 1 is 0.548 bits per heavy atom. The molecule has 0 aromatic heterocycles. The van der Waals surface area contributed by atoms with Crippen LogP contribution in [0.5, 0.6) is 0 Å². The van der Waals surface area contributed by atoms with Gasteiger partial charge in [0.05, 0.1) is 12.2 Å². The zero-order valence-electron chi connectivity index (χ0n) is 20.7. The Morgan fingerprint density at radius 2 is 0.935 bits per heavy atom. The van der Waals surface area contributed by atoms with E-state index in [1.54, 1.807) is 0 Å². The normalized spacial score (nSPS) is 13.3. The number of unbranched alkanes of at least 4 members (excludes halogenated alkanes) is 8. The van der Waals surface area contributed by atoms with Gasteiger partial charge in [-0.15, -0.1) is 0 Å². The van der Waals surface area contributed by atoms with Crippen LogP contribution in [-0.4, -0.2) is 0 Å². The van der Waals surface area contributed by atoms with Gasteiger partial charge < -0.3 is 4.74 Å². The lowest BCUT2D eigenvalue weighted by Gasteiger charge is -2.28. The first-order valence-corrected chi connectivity index (χ1v) is 12.9. The lowest BCUT2D eigenvalue weighted by Crippen LogP contribution is -2.13. The van der Waals surface area contributed by atoms with E-state index in [0.717, 1.165) is 12.8 Å². The van der Waals surface area contributed by atoms with Gasteiger partial charge in [-0.25, -0.2) is 0 Å². The molecular weight excluding hydrogens is 376 g/mol. The summed E-state index contributed by atoms with van der Waals surface area (Å²) < 4.78 is 7.00. The molecule has 2 unspecified atom stereocenters. The quantitative estimate of drug-likeness (QED) is 0.244. The Labute approximate surface area is 192 Å². The van der Waals surface area contributed by atoms with E-state index in [9.17, 15) is 0 Å². The average Bonchev–Trinajstić information content (AvgIpc) is 2.78. The van der Waals surface area contributed by atoms with Crippen molar-refractivity contribution in [2.24, 2.45) is 0 Å². The van der Waals surface area contributed by atoms with Crippen LogP contribution in [0.2, 0.25) is 0 Å². The zero-order chi connectivity index (χ0) is 22.3. The fourth-order valence-electron chi connectivity index (χ4n) is 4.55. The molecule has 0 amide bonds. The molecule has 2 rings (SSSR count). The number of ether oxygens (including phenoxy) is 1. The largest absolute Gasteiger partial charge is 0.366 e. The van der Waals surface area contributed by atoms with E-state index in [1.165, 1.54) is 86.5 Å². The van der Waals surface area contributed by atoms with Gasteiger partial charge >= 0.3 is 0 Å². The Balaban J connectivity index is 2.15. The zero-order valence-corrected chi connectivity index (χ0v) is 20.7. The van der Waals surface area contributed by atoms with Crippen molar-refractivity contribution >= 4 is 0 Å². The summed E-state index contributed by atoms with van der Waals surface area (Å²) in [5.74, 6) is 0. The van der Waals surface area contributed by atoms with Crippen LogP contribution in [-0.2, 0) is 4.74 Å². The van der Waals surface area contributed by atoms with Crippen LogP contribution in [0.3, 0.4) is 0 Å². The molecule has 1 nitrogen and oxygen atoms in total. The summed E-state index contributed by atoms with van der Waals surface area (Å²) in [5.41, 5.74) is 5.46. The van der Waals surface area contributed by atoms with Crippen LogP contribution >= 0.6 is 0 Å². The van der Waals surface area contributed by atoms with Crippen molar-refractivity contribution in [3.63, 3.8) is 0 Å². The predicted molar refractivity (Wildman–Crippen MR) is 136 cm³/mol. The monoisotopic (exact) mass is 422 g/mol. The molecule has 0 aliphatic heterocycles. The highest BCUT2D eigenvalue weighted by atomic mass is 16.5. The van der Waals surface area contributed by atoms with E-state index < -0.39 is 0 Å². The molecule has 31 heavy (non-hydrogen) atoms. The van der Waals surface area contributed by atoms with Crippen molar-refractivity contribution in [1.29, 1.82) is 0 Å². The predicted octanol–water partition coefficient (Wildman–Crippen LogP) is 9.82. The van der Waals surface area contributed by atoms with Crippen LogP contribution in [0.4, 0.5) is 0 Å². The fourth-order valence-corrected chi connectivity index (χ4v) is 4.55. The van der Waals surface area contributed by atoms with E-state index >= 15 is 0 Å². The second-order valence-electron chi connectivity index (χ2n) is 9.23. The molecular formula is C30H46O. The maximum Gasteiger partial charge on any atom is 0.0835 e. The van der Waals surface area contributed by atoms with Crippen molar-refractivity contribution in [3.8, 4) is 0 Å². The molecule has 172 valence electrons.